The van der Waals surface area contributed by atoms with Crippen LogP contribution in [0.1, 0.15) is 59.7 Å². The van der Waals surface area contributed by atoms with Crippen molar-refractivity contribution in [1.82, 2.24) is 4.98 Å². The average molecular weight is 291 g/mol. The predicted octanol–water partition coefficient (Wildman–Crippen LogP) is 3.96. The SMILES string of the molecule is CC(C)CN(CC(C)C)c1cc(CN)cc(C(C)(C)C)n1. The van der Waals surface area contributed by atoms with E-state index in [2.05, 4.69) is 65.5 Å². The van der Waals surface area contributed by atoms with Gasteiger partial charge in [-0.2, -0.15) is 0 Å². The highest BCUT2D eigenvalue weighted by Gasteiger charge is 2.19. The van der Waals surface area contributed by atoms with E-state index in [1.807, 2.05) is 0 Å². The van der Waals surface area contributed by atoms with Crippen molar-refractivity contribution < 1.29 is 0 Å². The first-order valence-electron chi connectivity index (χ1n) is 8.10. The Morgan fingerprint density at radius 2 is 1.57 bits per heavy atom. The van der Waals surface area contributed by atoms with Crippen LogP contribution in [-0.2, 0) is 12.0 Å². The molecule has 1 aromatic rings. The maximum Gasteiger partial charge on any atom is 0.129 e. The number of pyridine rings is 1. The van der Waals surface area contributed by atoms with E-state index < -0.39 is 0 Å². The number of nitrogens with zero attached hydrogens (tertiary/aromatic N) is 2. The molecule has 0 amide bonds. The van der Waals surface area contributed by atoms with Crippen LogP contribution < -0.4 is 10.6 Å². The Kier molecular flexibility index (Phi) is 6.21. The summed E-state index contributed by atoms with van der Waals surface area (Å²) < 4.78 is 0. The van der Waals surface area contributed by atoms with Crippen molar-refractivity contribution >= 4 is 5.82 Å². The minimum atomic E-state index is 0.0429. The monoisotopic (exact) mass is 291 g/mol. The van der Waals surface area contributed by atoms with E-state index in [-0.39, 0.29) is 5.41 Å². The highest BCUT2D eigenvalue weighted by Crippen LogP contribution is 2.25. The standard InChI is InChI=1S/C18H33N3/c1-13(2)11-21(12-14(3)4)17-9-15(10-19)8-16(20-17)18(5,6)7/h8-9,13-14H,10-12,19H2,1-7H3. The normalized spacial score (nSPS) is 12.3. The van der Waals surface area contributed by atoms with Crippen LogP contribution in [0.3, 0.4) is 0 Å². The van der Waals surface area contributed by atoms with Gasteiger partial charge in [0.2, 0.25) is 0 Å². The molecule has 3 heteroatoms. The van der Waals surface area contributed by atoms with E-state index >= 15 is 0 Å². The van der Waals surface area contributed by atoms with Crippen molar-refractivity contribution in [1.29, 1.82) is 0 Å². The van der Waals surface area contributed by atoms with E-state index in [0.29, 0.717) is 18.4 Å². The quantitative estimate of drug-likeness (QED) is 0.862. The summed E-state index contributed by atoms with van der Waals surface area (Å²) in [7, 11) is 0. The Balaban J connectivity index is 3.22. The minimum Gasteiger partial charge on any atom is -0.356 e. The zero-order valence-corrected chi connectivity index (χ0v) is 14.9. The molecule has 0 aliphatic carbocycles. The van der Waals surface area contributed by atoms with Crippen molar-refractivity contribution in [2.24, 2.45) is 17.6 Å². The molecule has 0 atom stereocenters. The second kappa shape index (κ2) is 7.26. The fraction of sp³-hybridized carbons (Fsp3) is 0.722. The molecule has 1 rings (SSSR count). The molecule has 0 bridgehead atoms. The van der Waals surface area contributed by atoms with Gasteiger partial charge in [-0.15, -0.1) is 0 Å². The zero-order chi connectivity index (χ0) is 16.2. The van der Waals surface area contributed by atoms with Gasteiger partial charge in [-0.1, -0.05) is 48.5 Å². The van der Waals surface area contributed by atoms with Crippen LogP contribution in [-0.4, -0.2) is 18.1 Å². The van der Waals surface area contributed by atoms with Gasteiger partial charge in [0.25, 0.3) is 0 Å². The van der Waals surface area contributed by atoms with Crippen LogP contribution >= 0.6 is 0 Å². The molecule has 1 aromatic heterocycles. The van der Waals surface area contributed by atoms with Gasteiger partial charge in [0, 0.05) is 30.7 Å². The predicted molar refractivity (Wildman–Crippen MR) is 92.7 cm³/mol. The Labute approximate surface area is 130 Å². The largest absolute Gasteiger partial charge is 0.356 e. The summed E-state index contributed by atoms with van der Waals surface area (Å²) >= 11 is 0. The minimum absolute atomic E-state index is 0.0429. The number of anilines is 1. The molecular weight excluding hydrogens is 258 g/mol. The number of aromatic nitrogens is 1. The van der Waals surface area contributed by atoms with E-state index in [9.17, 15) is 0 Å². The molecule has 0 saturated carbocycles. The lowest BCUT2D eigenvalue weighted by atomic mass is 9.90. The van der Waals surface area contributed by atoms with Crippen LogP contribution in [0.2, 0.25) is 0 Å². The molecule has 120 valence electrons. The Bertz CT molecular complexity index is 434. The van der Waals surface area contributed by atoms with Crippen molar-refractivity contribution in [2.45, 2.75) is 60.4 Å². The maximum absolute atomic E-state index is 5.89. The molecule has 1 heterocycles. The fourth-order valence-corrected chi connectivity index (χ4v) is 2.38. The second-order valence-corrected chi connectivity index (χ2v) is 7.87. The Morgan fingerprint density at radius 3 is 1.95 bits per heavy atom. The molecule has 0 radical (unpaired) electrons. The molecule has 2 N–H and O–H groups in total. The Morgan fingerprint density at radius 1 is 1.05 bits per heavy atom. The van der Waals surface area contributed by atoms with Crippen molar-refractivity contribution in [3.8, 4) is 0 Å². The van der Waals surface area contributed by atoms with E-state index in [4.69, 9.17) is 10.7 Å². The molecule has 0 saturated heterocycles. The first-order valence-corrected chi connectivity index (χ1v) is 8.10. The third-order valence-corrected chi connectivity index (χ3v) is 3.37. The molecule has 0 aliphatic rings. The lowest BCUT2D eigenvalue weighted by Crippen LogP contribution is -2.33. The van der Waals surface area contributed by atoms with Crippen LogP contribution in [0.15, 0.2) is 12.1 Å². The Hall–Kier alpha value is -1.09. The lowest BCUT2D eigenvalue weighted by Gasteiger charge is -2.29. The maximum atomic E-state index is 5.89. The van der Waals surface area contributed by atoms with E-state index in [1.54, 1.807) is 0 Å². The van der Waals surface area contributed by atoms with Gasteiger partial charge in [0.15, 0.2) is 0 Å². The highest BCUT2D eigenvalue weighted by atomic mass is 15.2. The summed E-state index contributed by atoms with van der Waals surface area (Å²) in [5.74, 6) is 2.31. The topological polar surface area (TPSA) is 42.1 Å². The van der Waals surface area contributed by atoms with Gasteiger partial charge in [0.05, 0.1) is 0 Å². The molecule has 3 nitrogen and oxygen atoms in total. The summed E-state index contributed by atoms with van der Waals surface area (Å²) in [6.45, 7) is 18.3. The third-order valence-electron chi connectivity index (χ3n) is 3.37. The summed E-state index contributed by atoms with van der Waals surface area (Å²) in [5, 5.41) is 0. The first-order chi connectivity index (χ1) is 9.63. The number of hydrogen-bond donors (Lipinski definition) is 1. The summed E-state index contributed by atoms with van der Waals surface area (Å²) in [4.78, 5) is 7.34. The summed E-state index contributed by atoms with van der Waals surface area (Å²) in [6, 6.07) is 4.30. The van der Waals surface area contributed by atoms with Crippen LogP contribution in [0, 0.1) is 11.8 Å². The molecule has 0 fully saturated rings. The first kappa shape index (κ1) is 18.0. The van der Waals surface area contributed by atoms with Gasteiger partial charge in [-0.25, -0.2) is 4.98 Å². The second-order valence-electron chi connectivity index (χ2n) is 7.87. The van der Waals surface area contributed by atoms with E-state index in [0.717, 1.165) is 24.6 Å². The third kappa shape index (κ3) is 5.66. The number of nitrogens with two attached hydrogens (primary N) is 1. The van der Waals surface area contributed by atoms with E-state index in [1.165, 1.54) is 5.56 Å². The van der Waals surface area contributed by atoms with Gasteiger partial charge < -0.3 is 10.6 Å². The number of rotatable bonds is 6. The summed E-state index contributed by atoms with van der Waals surface area (Å²) in [6.07, 6.45) is 0. The van der Waals surface area contributed by atoms with Crippen molar-refractivity contribution in [2.75, 3.05) is 18.0 Å². The molecule has 0 unspecified atom stereocenters. The van der Waals surface area contributed by atoms with Gasteiger partial charge in [-0.05, 0) is 29.5 Å². The molecular formula is C18H33N3. The van der Waals surface area contributed by atoms with Crippen molar-refractivity contribution in [3.63, 3.8) is 0 Å². The van der Waals surface area contributed by atoms with Gasteiger partial charge >= 0.3 is 0 Å². The fourth-order valence-electron chi connectivity index (χ4n) is 2.38. The summed E-state index contributed by atoms with van der Waals surface area (Å²) in [5.41, 5.74) is 8.22. The van der Waals surface area contributed by atoms with Crippen molar-refractivity contribution in [3.05, 3.63) is 23.4 Å². The smallest absolute Gasteiger partial charge is 0.129 e. The highest BCUT2D eigenvalue weighted by molar-refractivity contribution is 5.44. The van der Waals surface area contributed by atoms with Crippen LogP contribution in [0.5, 0.6) is 0 Å². The molecule has 0 spiro atoms. The molecule has 21 heavy (non-hydrogen) atoms. The van der Waals surface area contributed by atoms with Crippen LogP contribution in [0.4, 0.5) is 5.82 Å². The molecule has 0 aliphatic heterocycles. The van der Waals surface area contributed by atoms with Gasteiger partial charge in [0.1, 0.15) is 5.82 Å². The number of hydrogen-bond acceptors (Lipinski definition) is 3. The zero-order valence-electron chi connectivity index (χ0n) is 14.9. The van der Waals surface area contributed by atoms with Gasteiger partial charge in [-0.3, -0.25) is 0 Å². The van der Waals surface area contributed by atoms with Crippen LogP contribution in [0.25, 0.3) is 0 Å². The molecule has 0 aromatic carbocycles. The average Bonchev–Trinajstić information content (AvgIpc) is 2.35. The lowest BCUT2D eigenvalue weighted by molar-refractivity contribution is 0.538.